The second-order valence-corrected chi connectivity index (χ2v) is 3.97. The van der Waals surface area contributed by atoms with Gasteiger partial charge in [-0.05, 0) is 40.2 Å². The molecular formula is C11H6BrN3. The van der Waals surface area contributed by atoms with Crippen molar-refractivity contribution in [1.82, 2.24) is 15.0 Å². The SMILES string of the molecule is Brc1c2cccnc2nc2ncccc12. The van der Waals surface area contributed by atoms with E-state index in [0.717, 1.165) is 26.5 Å². The predicted molar refractivity (Wildman–Crippen MR) is 62.5 cm³/mol. The molecule has 15 heavy (non-hydrogen) atoms. The molecule has 3 heterocycles. The predicted octanol–water partition coefficient (Wildman–Crippen LogP) is 2.94. The molecule has 72 valence electrons. The van der Waals surface area contributed by atoms with Crippen LogP contribution in [0, 0.1) is 0 Å². The highest BCUT2D eigenvalue weighted by atomic mass is 79.9. The van der Waals surface area contributed by atoms with Gasteiger partial charge in [0.15, 0.2) is 11.3 Å². The monoisotopic (exact) mass is 259 g/mol. The van der Waals surface area contributed by atoms with Gasteiger partial charge in [0, 0.05) is 27.6 Å². The highest BCUT2D eigenvalue weighted by Crippen LogP contribution is 2.28. The highest BCUT2D eigenvalue weighted by molar-refractivity contribution is 9.10. The molecule has 0 amide bonds. The van der Waals surface area contributed by atoms with Crippen LogP contribution in [0.1, 0.15) is 0 Å². The second kappa shape index (κ2) is 3.24. The summed E-state index contributed by atoms with van der Waals surface area (Å²) < 4.78 is 1.00. The lowest BCUT2D eigenvalue weighted by Gasteiger charge is -2.02. The van der Waals surface area contributed by atoms with Crippen LogP contribution in [0.4, 0.5) is 0 Å². The van der Waals surface area contributed by atoms with Crippen LogP contribution in [0.3, 0.4) is 0 Å². The van der Waals surface area contributed by atoms with Gasteiger partial charge in [-0.15, -0.1) is 0 Å². The van der Waals surface area contributed by atoms with E-state index in [-0.39, 0.29) is 0 Å². The summed E-state index contributed by atoms with van der Waals surface area (Å²) in [6.07, 6.45) is 3.47. The fraction of sp³-hybridized carbons (Fsp3) is 0. The number of hydrogen-bond donors (Lipinski definition) is 0. The number of aromatic nitrogens is 3. The van der Waals surface area contributed by atoms with Gasteiger partial charge >= 0.3 is 0 Å². The van der Waals surface area contributed by atoms with Gasteiger partial charge in [-0.25, -0.2) is 15.0 Å². The Morgan fingerprint density at radius 3 is 1.93 bits per heavy atom. The van der Waals surface area contributed by atoms with Gasteiger partial charge in [-0.1, -0.05) is 0 Å². The van der Waals surface area contributed by atoms with E-state index in [1.807, 2.05) is 24.3 Å². The standard InChI is InChI=1S/C11H6BrN3/c12-9-7-3-1-5-13-10(7)15-11-8(9)4-2-6-14-11/h1-6H. The first-order valence-corrected chi connectivity index (χ1v) is 5.30. The third-order valence-electron chi connectivity index (χ3n) is 2.26. The molecule has 0 fully saturated rings. The molecule has 3 aromatic heterocycles. The second-order valence-electron chi connectivity index (χ2n) is 3.17. The average Bonchev–Trinajstić information content (AvgIpc) is 2.30. The maximum Gasteiger partial charge on any atom is 0.162 e. The van der Waals surface area contributed by atoms with E-state index < -0.39 is 0 Å². The normalized spacial score (nSPS) is 11.0. The van der Waals surface area contributed by atoms with Crippen LogP contribution in [-0.4, -0.2) is 15.0 Å². The summed E-state index contributed by atoms with van der Waals surface area (Å²) in [5.74, 6) is 0. The minimum atomic E-state index is 0.718. The lowest BCUT2D eigenvalue weighted by Crippen LogP contribution is -1.89. The molecule has 0 aliphatic heterocycles. The quantitative estimate of drug-likeness (QED) is 0.583. The van der Waals surface area contributed by atoms with Gasteiger partial charge in [0.25, 0.3) is 0 Å². The third kappa shape index (κ3) is 1.29. The molecule has 0 N–H and O–H groups in total. The van der Waals surface area contributed by atoms with Gasteiger partial charge in [-0.3, -0.25) is 0 Å². The van der Waals surface area contributed by atoms with Crippen LogP contribution in [0.25, 0.3) is 22.1 Å². The molecule has 0 bridgehead atoms. The lowest BCUT2D eigenvalue weighted by atomic mass is 10.2. The van der Waals surface area contributed by atoms with Crippen molar-refractivity contribution >= 4 is 38.0 Å². The smallest absolute Gasteiger partial charge is 0.162 e. The van der Waals surface area contributed by atoms with E-state index in [1.165, 1.54) is 0 Å². The Bertz CT molecular complexity index is 597. The van der Waals surface area contributed by atoms with Gasteiger partial charge < -0.3 is 0 Å². The minimum absolute atomic E-state index is 0.718. The Labute approximate surface area is 94.3 Å². The van der Waals surface area contributed by atoms with E-state index in [4.69, 9.17) is 0 Å². The molecule has 0 aliphatic rings. The van der Waals surface area contributed by atoms with E-state index in [0.29, 0.717) is 0 Å². The van der Waals surface area contributed by atoms with Crippen LogP contribution in [-0.2, 0) is 0 Å². The number of nitrogens with zero attached hydrogens (tertiary/aromatic N) is 3. The van der Waals surface area contributed by atoms with Crippen molar-refractivity contribution < 1.29 is 0 Å². The summed E-state index contributed by atoms with van der Waals surface area (Å²) >= 11 is 3.56. The number of fused-ring (bicyclic) bond motifs is 2. The molecule has 3 rings (SSSR count). The Balaban J connectivity index is 2.60. The van der Waals surface area contributed by atoms with Crippen molar-refractivity contribution in [1.29, 1.82) is 0 Å². The Morgan fingerprint density at radius 2 is 1.40 bits per heavy atom. The van der Waals surface area contributed by atoms with Crippen molar-refractivity contribution in [2.24, 2.45) is 0 Å². The van der Waals surface area contributed by atoms with Crippen LogP contribution in [0.5, 0.6) is 0 Å². The minimum Gasteiger partial charge on any atom is -0.237 e. The van der Waals surface area contributed by atoms with Crippen LogP contribution >= 0.6 is 15.9 Å². The van der Waals surface area contributed by atoms with Crippen LogP contribution < -0.4 is 0 Å². The Kier molecular flexibility index (Phi) is 1.89. The summed E-state index contributed by atoms with van der Waals surface area (Å²) in [6, 6.07) is 7.78. The molecular weight excluding hydrogens is 254 g/mol. The highest BCUT2D eigenvalue weighted by Gasteiger charge is 2.06. The first-order valence-electron chi connectivity index (χ1n) is 4.51. The van der Waals surface area contributed by atoms with Crippen molar-refractivity contribution in [3.05, 3.63) is 41.1 Å². The summed E-state index contributed by atoms with van der Waals surface area (Å²) in [5, 5.41) is 2.02. The summed E-state index contributed by atoms with van der Waals surface area (Å²) in [6.45, 7) is 0. The number of halogens is 1. The molecule has 0 atom stereocenters. The largest absolute Gasteiger partial charge is 0.237 e. The van der Waals surface area contributed by atoms with Gasteiger partial charge in [0.1, 0.15) is 0 Å². The molecule has 0 saturated heterocycles. The van der Waals surface area contributed by atoms with E-state index in [2.05, 4.69) is 30.9 Å². The Morgan fingerprint density at radius 1 is 0.867 bits per heavy atom. The topological polar surface area (TPSA) is 38.7 Å². The van der Waals surface area contributed by atoms with Gasteiger partial charge in [0.2, 0.25) is 0 Å². The number of rotatable bonds is 0. The summed E-state index contributed by atoms with van der Waals surface area (Å²) in [5.41, 5.74) is 1.44. The van der Waals surface area contributed by atoms with E-state index in [1.54, 1.807) is 12.4 Å². The summed E-state index contributed by atoms with van der Waals surface area (Å²) in [4.78, 5) is 12.8. The molecule has 3 aromatic rings. The molecule has 0 radical (unpaired) electrons. The van der Waals surface area contributed by atoms with Crippen molar-refractivity contribution in [2.45, 2.75) is 0 Å². The molecule has 0 aromatic carbocycles. The molecule has 0 unspecified atom stereocenters. The van der Waals surface area contributed by atoms with Gasteiger partial charge in [0.05, 0.1) is 0 Å². The zero-order valence-electron chi connectivity index (χ0n) is 7.68. The number of hydrogen-bond acceptors (Lipinski definition) is 3. The molecule has 3 nitrogen and oxygen atoms in total. The fourth-order valence-corrected chi connectivity index (χ4v) is 2.18. The van der Waals surface area contributed by atoms with Crippen molar-refractivity contribution in [3.63, 3.8) is 0 Å². The zero-order chi connectivity index (χ0) is 10.3. The molecule has 0 aliphatic carbocycles. The van der Waals surface area contributed by atoms with Crippen molar-refractivity contribution in [2.75, 3.05) is 0 Å². The third-order valence-corrected chi connectivity index (χ3v) is 3.11. The van der Waals surface area contributed by atoms with Gasteiger partial charge in [-0.2, -0.15) is 0 Å². The lowest BCUT2D eigenvalue weighted by molar-refractivity contribution is 1.27. The maximum absolute atomic E-state index is 4.39. The van der Waals surface area contributed by atoms with Crippen LogP contribution in [0.15, 0.2) is 41.1 Å². The fourth-order valence-electron chi connectivity index (χ4n) is 1.56. The number of pyridine rings is 3. The first kappa shape index (κ1) is 8.73. The Hall–Kier alpha value is -1.55. The molecule has 4 heteroatoms. The summed E-state index contributed by atoms with van der Waals surface area (Å²) in [7, 11) is 0. The molecule has 0 spiro atoms. The average molecular weight is 260 g/mol. The van der Waals surface area contributed by atoms with Crippen molar-refractivity contribution in [3.8, 4) is 0 Å². The van der Waals surface area contributed by atoms with Crippen LogP contribution in [0.2, 0.25) is 0 Å². The molecule has 0 saturated carbocycles. The van der Waals surface area contributed by atoms with E-state index >= 15 is 0 Å². The first-order chi connectivity index (χ1) is 7.36. The zero-order valence-corrected chi connectivity index (χ0v) is 9.27. The van der Waals surface area contributed by atoms with E-state index in [9.17, 15) is 0 Å². The maximum atomic E-state index is 4.39.